The summed E-state index contributed by atoms with van der Waals surface area (Å²) in [6.45, 7) is 5.38. The maximum absolute atomic E-state index is 12.9. The van der Waals surface area contributed by atoms with Crippen molar-refractivity contribution < 1.29 is 14.6 Å². The molecule has 29 heavy (non-hydrogen) atoms. The van der Waals surface area contributed by atoms with Gasteiger partial charge < -0.3 is 15.2 Å². The molecule has 0 spiro atoms. The fourth-order valence-electron chi connectivity index (χ4n) is 4.05. The molecule has 0 radical (unpaired) electrons. The Morgan fingerprint density at radius 2 is 1.93 bits per heavy atom. The number of piperazine rings is 1. The summed E-state index contributed by atoms with van der Waals surface area (Å²) in [4.78, 5) is 19.3. The molecule has 150 valence electrons. The number of fused-ring (bicyclic) bond motifs is 1. The Hall–Kier alpha value is -2.96. The van der Waals surface area contributed by atoms with Crippen LogP contribution in [-0.4, -0.2) is 53.7 Å². The Morgan fingerprint density at radius 3 is 2.66 bits per heavy atom. The molecule has 0 saturated carbocycles. The Morgan fingerprint density at radius 1 is 1.21 bits per heavy atom. The summed E-state index contributed by atoms with van der Waals surface area (Å²) in [5.41, 5.74) is 1.98. The van der Waals surface area contributed by atoms with Gasteiger partial charge in [0.15, 0.2) is 0 Å². The highest BCUT2D eigenvalue weighted by Gasteiger charge is 2.31. The SMILES string of the molecule is CCOC(=O)c1cc2ccccc2c(O)c1C(c1ccncc1)N1CCNCC1. The van der Waals surface area contributed by atoms with Gasteiger partial charge in [0.2, 0.25) is 0 Å². The predicted molar refractivity (Wildman–Crippen MR) is 112 cm³/mol. The summed E-state index contributed by atoms with van der Waals surface area (Å²) < 4.78 is 5.35. The van der Waals surface area contributed by atoms with E-state index in [2.05, 4.69) is 15.2 Å². The zero-order valence-electron chi connectivity index (χ0n) is 16.5. The molecule has 1 aromatic heterocycles. The second-order valence-electron chi connectivity index (χ2n) is 7.10. The summed E-state index contributed by atoms with van der Waals surface area (Å²) in [6.07, 6.45) is 3.49. The van der Waals surface area contributed by atoms with Crippen molar-refractivity contribution in [1.82, 2.24) is 15.2 Å². The summed E-state index contributed by atoms with van der Waals surface area (Å²) in [7, 11) is 0. The summed E-state index contributed by atoms with van der Waals surface area (Å²) in [6, 6.07) is 13.0. The molecule has 1 atom stereocenters. The van der Waals surface area contributed by atoms with Gasteiger partial charge in [0.25, 0.3) is 0 Å². The number of hydrogen-bond acceptors (Lipinski definition) is 6. The number of phenolic OH excluding ortho intramolecular Hbond substituents is 1. The molecule has 1 unspecified atom stereocenters. The minimum Gasteiger partial charge on any atom is -0.507 e. The van der Waals surface area contributed by atoms with Crippen LogP contribution in [-0.2, 0) is 4.74 Å². The van der Waals surface area contributed by atoms with E-state index in [0.29, 0.717) is 11.1 Å². The highest BCUT2D eigenvalue weighted by atomic mass is 16.5. The number of aromatic hydroxyl groups is 1. The van der Waals surface area contributed by atoms with E-state index in [-0.39, 0.29) is 18.4 Å². The lowest BCUT2D eigenvalue weighted by Crippen LogP contribution is -2.45. The average molecular weight is 391 g/mol. The van der Waals surface area contributed by atoms with Gasteiger partial charge in [0.05, 0.1) is 18.2 Å². The standard InChI is InChI=1S/C23H25N3O3/c1-2-29-23(28)19-15-17-5-3-4-6-18(17)22(27)20(19)21(16-7-9-24-10-8-16)26-13-11-25-12-14-26/h3-10,15,21,25,27H,2,11-14H2,1H3. The summed E-state index contributed by atoms with van der Waals surface area (Å²) in [5, 5.41) is 16.2. The van der Waals surface area contributed by atoms with E-state index in [9.17, 15) is 9.90 Å². The van der Waals surface area contributed by atoms with Gasteiger partial charge in [0.1, 0.15) is 5.75 Å². The molecular formula is C23H25N3O3. The van der Waals surface area contributed by atoms with Crippen molar-refractivity contribution in [2.75, 3.05) is 32.8 Å². The molecular weight excluding hydrogens is 366 g/mol. The molecule has 1 aliphatic heterocycles. The van der Waals surface area contributed by atoms with Crippen LogP contribution < -0.4 is 5.32 Å². The fraction of sp³-hybridized carbons (Fsp3) is 0.304. The number of carbonyl (C=O) groups excluding carboxylic acids is 1. The second-order valence-corrected chi connectivity index (χ2v) is 7.10. The van der Waals surface area contributed by atoms with E-state index in [4.69, 9.17) is 4.74 Å². The number of hydrogen-bond donors (Lipinski definition) is 2. The Bertz CT molecular complexity index is 1000. The number of aromatic nitrogens is 1. The number of ether oxygens (including phenoxy) is 1. The van der Waals surface area contributed by atoms with E-state index in [1.807, 2.05) is 42.5 Å². The molecule has 0 amide bonds. The Kier molecular flexibility index (Phi) is 5.74. The maximum Gasteiger partial charge on any atom is 0.338 e. The zero-order chi connectivity index (χ0) is 20.2. The largest absolute Gasteiger partial charge is 0.507 e. The van der Waals surface area contributed by atoms with Gasteiger partial charge in [-0.25, -0.2) is 4.79 Å². The van der Waals surface area contributed by atoms with Gasteiger partial charge in [-0.15, -0.1) is 0 Å². The highest BCUT2D eigenvalue weighted by Crippen LogP contribution is 2.41. The number of pyridine rings is 1. The lowest BCUT2D eigenvalue weighted by molar-refractivity contribution is 0.0522. The van der Waals surface area contributed by atoms with E-state index in [1.54, 1.807) is 19.3 Å². The molecule has 2 heterocycles. The average Bonchev–Trinajstić information content (AvgIpc) is 2.77. The first kappa shape index (κ1) is 19.4. The first-order chi connectivity index (χ1) is 14.2. The first-order valence-electron chi connectivity index (χ1n) is 9.97. The monoisotopic (exact) mass is 391 g/mol. The molecule has 2 aromatic carbocycles. The topological polar surface area (TPSA) is 74.7 Å². The van der Waals surface area contributed by atoms with Crippen molar-refractivity contribution in [1.29, 1.82) is 0 Å². The third kappa shape index (κ3) is 3.81. The third-order valence-electron chi connectivity index (χ3n) is 5.37. The van der Waals surface area contributed by atoms with Gasteiger partial charge in [-0.3, -0.25) is 9.88 Å². The normalized spacial score (nSPS) is 15.9. The number of phenols is 1. The number of esters is 1. The van der Waals surface area contributed by atoms with Gasteiger partial charge in [-0.05, 0) is 36.1 Å². The van der Waals surface area contributed by atoms with Crippen molar-refractivity contribution in [2.24, 2.45) is 0 Å². The van der Waals surface area contributed by atoms with Crippen molar-refractivity contribution >= 4 is 16.7 Å². The van der Waals surface area contributed by atoms with Crippen molar-refractivity contribution in [3.8, 4) is 5.75 Å². The van der Waals surface area contributed by atoms with Crippen LogP contribution >= 0.6 is 0 Å². The number of benzene rings is 2. The molecule has 6 nitrogen and oxygen atoms in total. The van der Waals surface area contributed by atoms with Crippen LogP contribution in [0, 0.1) is 0 Å². The molecule has 4 rings (SSSR count). The lowest BCUT2D eigenvalue weighted by atomic mass is 9.89. The highest BCUT2D eigenvalue weighted by molar-refractivity contribution is 6.01. The number of rotatable bonds is 5. The molecule has 1 fully saturated rings. The van der Waals surface area contributed by atoms with E-state index >= 15 is 0 Å². The van der Waals surface area contributed by atoms with Crippen LogP contribution in [0.4, 0.5) is 0 Å². The van der Waals surface area contributed by atoms with E-state index in [0.717, 1.165) is 42.5 Å². The molecule has 6 heteroatoms. The van der Waals surface area contributed by atoms with Crippen LogP contribution in [0.2, 0.25) is 0 Å². The van der Waals surface area contributed by atoms with Crippen molar-refractivity contribution in [2.45, 2.75) is 13.0 Å². The Labute approximate surface area is 170 Å². The molecule has 1 saturated heterocycles. The second kappa shape index (κ2) is 8.59. The first-order valence-corrected chi connectivity index (χ1v) is 9.97. The van der Waals surface area contributed by atoms with Crippen LogP contribution in [0.5, 0.6) is 5.75 Å². The van der Waals surface area contributed by atoms with Gasteiger partial charge >= 0.3 is 5.97 Å². The molecule has 0 aliphatic carbocycles. The van der Waals surface area contributed by atoms with Crippen LogP contribution in [0.25, 0.3) is 10.8 Å². The zero-order valence-corrected chi connectivity index (χ0v) is 16.5. The quantitative estimate of drug-likeness (QED) is 0.651. The maximum atomic E-state index is 12.9. The molecule has 3 aromatic rings. The van der Waals surface area contributed by atoms with Crippen molar-refractivity contribution in [3.63, 3.8) is 0 Å². The van der Waals surface area contributed by atoms with Crippen LogP contribution in [0.1, 0.15) is 34.5 Å². The number of nitrogens with zero attached hydrogens (tertiary/aromatic N) is 2. The number of nitrogens with one attached hydrogen (secondary N) is 1. The fourth-order valence-corrected chi connectivity index (χ4v) is 4.05. The van der Waals surface area contributed by atoms with Crippen molar-refractivity contribution in [3.05, 3.63) is 71.5 Å². The predicted octanol–water partition coefficient (Wildman–Crippen LogP) is 3.11. The van der Waals surface area contributed by atoms with Crippen LogP contribution in [0.15, 0.2) is 54.9 Å². The van der Waals surface area contributed by atoms with Gasteiger partial charge in [0, 0.05) is 49.5 Å². The van der Waals surface area contributed by atoms with Gasteiger partial charge in [-0.2, -0.15) is 0 Å². The lowest BCUT2D eigenvalue weighted by Gasteiger charge is -2.36. The van der Waals surface area contributed by atoms with Gasteiger partial charge in [-0.1, -0.05) is 24.3 Å². The molecule has 2 N–H and O–H groups in total. The smallest absolute Gasteiger partial charge is 0.338 e. The molecule has 0 bridgehead atoms. The summed E-state index contributed by atoms with van der Waals surface area (Å²) >= 11 is 0. The minimum absolute atomic E-state index is 0.131. The van der Waals surface area contributed by atoms with E-state index in [1.165, 1.54) is 0 Å². The Balaban J connectivity index is 1.97. The third-order valence-corrected chi connectivity index (χ3v) is 5.37. The minimum atomic E-state index is -0.419. The van der Waals surface area contributed by atoms with Crippen LogP contribution in [0.3, 0.4) is 0 Å². The molecule has 1 aliphatic rings. The number of carbonyl (C=O) groups is 1. The summed E-state index contributed by atoms with van der Waals surface area (Å²) in [5.74, 6) is -0.288. The van der Waals surface area contributed by atoms with E-state index < -0.39 is 5.97 Å².